The SMILES string of the molecule is COc1ccc(OCCCSc2nnc(-c3cccnc3)n2Cc2ccccc2)cc1. The van der Waals surface area contributed by atoms with E-state index in [1.807, 2.05) is 60.8 Å². The number of rotatable bonds is 10. The summed E-state index contributed by atoms with van der Waals surface area (Å²) in [5.41, 5.74) is 2.16. The zero-order valence-corrected chi connectivity index (χ0v) is 18.2. The highest BCUT2D eigenvalue weighted by Gasteiger charge is 2.15. The molecule has 0 bridgehead atoms. The predicted octanol–water partition coefficient (Wildman–Crippen LogP) is 4.96. The van der Waals surface area contributed by atoms with E-state index in [0.717, 1.165) is 40.2 Å². The molecule has 0 unspecified atom stereocenters. The minimum absolute atomic E-state index is 0.640. The highest BCUT2D eigenvalue weighted by Crippen LogP contribution is 2.25. The van der Waals surface area contributed by atoms with E-state index < -0.39 is 0 Å². The van der Waals surface area contributed by atoms with E-state index in [9.17, 15) is 0 Å². The first-order chi connectivity index (χ1) is 15.3. The van der Waals surface area contributed by atoms with E-state index in [2.05, 4.69) is 31.9 Å². The Balaban J connectivity index is 1.39. The first-order valence-electron chi connectivity index (χ1n) is 10.1. The van der Waals surface area contributed by atoms with E-state index in [0.29, 0.717) is 13.2 Å². The van der Waals surface area contributed by atoms with E-state index >= 15 is 0 Å². The molecule has 7 heteroatoms. The maximum absolute atomic E-state index is 5.82. The van der Waals surface area contributed by atoms with Gasteiger partial charge in [0.1, 0.15) is 11.5 Å². The molecule has 31 heavy (non-hydrogen) atoms. The van der Waals surface area contributed by atoms with Crippen molar-refractivity contribution in [3.8, 4) is 22.9 Å². The van der Waals surface area contributed by atoms with Crippen LogP contribution >= 0.6 is 11.8 Å². The van der Waals surface area contributed by atoms with Gasteiger partial charge in [0.2, 0.25) is 0 Å². The van der Waals surface area contributed by atoms with Crippen molar-refractivity contribution < 1.29 is 9.47 Å². The molecule has 6 nitrogen and oxygen atoms in total. The average molecular weight is 433 g/mol. The van der Waals surface area contributed by atoms with Gasteiger partial charge in [-0.25, -0.2) is 0 Å². The molecule has 0 N–H and O–H groups in total. The van der Waals surface area contributed by atoms with E-state index in [1.165, 1.54) is 5.56 Å². The van der Waals surface area contributed by atoms with E-state index in [4.69, 9.17) is 9.47 Å². The summed E-state index contributed by atoms with van der Waals surface area (Å²) in [5, 5.41) is 9.81. The Bertz CT molecular complexity index is 1070. The summed E-state index contributed by atoms with van der Waals surface area (Å²) in [4.78, 5) is 4.23. The van der Waals surface area contributed by atoms with Gasteiger partial charge in [-0.3, -0.25) is 9.55 Å². The molecule has 4 aromatic rings. The van der Waals surface area contributed by atoms with Crippen LogP contribution in [0.1, 0.15) is 12.0 Å². The maximum atomic E-state index is 5.82. The molecule has 0 saturated heterocycles. The van der Waals surface area contributed by atoms with Crippen LogP contribution in [0.25, 0.3) is 11.4 Å². The lowest BCUT2D eigenvalue weighted by Gasteiger charge is -2.11. The molecule has 158 valence electrons. The Labute approximate surface area is 186 Å². The van der Waals surface area contributed by atoms with Crippen molar-refractivity contribution in [2.45, 2.75) is 18.1 Å². The molecule has 0 radical (unpaired) electrons. The average Bonchev–Trinajstić information content (AvgIpc) is 3.22. The summed E-state index contributed by atoms with van der Waals surface area (Å²) in [6, 6.07) is 21.9. The van der Waals surface area contributed by atoms with Gasteiger partial charge in [0.05, 0.1) is 20.3 Å². The fourth-order valence-electron chi connectivity index (χ4n) is 3.10. The first kappa shape index (κ1) is 20.9. The van der Waals surface area contributed by atoms with Gasteiger partial charge in [-0.1, -0.05) is 42.1 Å². The number of aromatic nitrogens is 4. The highest BCUT2D eigenvalue weighted by atomic mass is 32.2. The molecule has 4 rings (SSSR count). The third-order valence-electron chi connectivity index (χ3n) is 4.67. The molecule has 0 saturated carbocycles. The number of ether oxygens (including phenoxy) is 2. The Morgan fingerprint density at radius 2 is 1.71 bits per heavy atom. The van der Waals surface area contributed by atoms with Crippen LogP contribution < -0.4 is 9.47 Å². The van der Waals surface area contributed by atoms with Gasteiger partial charge in [-0.05, 0) is 48.4 Å². The molecule has 0 amide bonds. The second-order valence-corrected chi connectivity index (χ2v) is 7.91. The van der Waals surface area contributed by atoms with Crippen LogP contribution in [0, 0.1) is 0 Å². The molecule has 0 atom stereocenters. The monoisotopic (exact) mass is 432 g/mol. The molecule has 0 aliphatic heterocycles. The Morgan fingerprint density at radius 1 is 0.903 bits per heavy atom. The zero-order chi connectivity index (χ0) is 21.3. The van der Waals surface area contributed by atoms with Crippen molar-refractivity contribution in [3.05, 3.63) is 84.7 Å². The normalized spacial score (nSPS) is 10.7. The highest BCUT2D eigenvalue weighted by molar-refractivity contribution is 7.99. The smallest absolute Gasteiger partial charge is 0.191 e. The fraction of sp³-hybridized carbons (Fsp3) is 0.208. The second kappa shape index (κ2) is 10.6. The lowest BCUT2D eigenvalue weighted by molar-refractivity contribution is 0.318. The molecule has 0 fully saturated rings. The number of benzene rings is 2. The Morgan fingerprint density at radius 3 is 2.45 bits per heavy atom. The largest absolute Gasteiger partial charge is 0.497 e. The number of thioether (sulfide) groups is 1. The Hall–Kier alpha value is -3.32. The van der Waals surface area contributed by atoms with E-state index in [-0.39, 0.29) is 0 Å². The topological polar surface area (TPSA) is 62.1 Å². The van der Waals surface area contributed by atoms with Crippen LogP contribution in [-0.2, 0) is 6.54 Å². The molecular formula is C24H24N4O2S. The molecule has 2 aromatic heterocycles. The minimum Gasteiger partial charge on any atom is -0.497 e. The lowest BCUT2D eigenvalue weighted by Crippen LogP contribution is -2.05. The third kappa shape index (κ3) is 5.64. The van der Waals surface area contributed by atoms with Crippen molar-refractivity contribution in [1.29, 1.82) is 0 Å². The van der Waals surface area contributed by atoms with Crippen LogP contribution in [0.3, 0.4) is 0 Å². The summed E-state index contributed by atoms with van der Waals surface area (Å²) in [6.45, 7) is 1.35. The Kier molecular flexibility index (Phi) is 7.18. The molecule has 0 aliphatic carbocycles. The lowest BCUT2D eigenvalue weighted by atomic mass is 10.2. The second-order valence-electron chi connectivity index (χ2n) is 6.85. The van der Waals surface area contributed by atoms with Gasteiger partial charge in [0.15, 0.2) is 11.0 Å². The summed E-state index contributed by atoms with van der Waals surface area (Å²) in [5.74, 6) is 3.38. The fourth-order valence-corrected chi connectivity index (χ4v) is 3.95. The van der Waals surface area contributed by atoms with Crippen molar-refractivity contribution in [3.63, 3.8) is 0 Å². The number of pyridine rings is 1. The van der Waals surface area contributed by atoms with Gasteiger partial charge >= 0.3 is 0 Å². The molecular weight excluding hydrogens is 408 g/mol. The number of hydrogen-bond acceptors (Lipinski definition) is 6. The number of hydrogen-bond donors (Lipinski definition) is 0. The van der Waals surface area contributed by atoms with Gasteiger partial charge < -0.3 is 9.47 Å². The van der Waals surface area contributed by atoms with E-state index in [1.54, 1.807) is 25.1 Å². The third-order valence-corrected chi connectivity index (χ3v) is 5.72. The van der Waals surface area contributed by atoms with Gasteiger partial charge in [-0.15, -0.1) is 10.2 Å². The van der Waals surface area contributed by atoms with Crippen LogP contribution in [0.5, 0.6) is 11.5 Å². The first-order valence-corrected chi connectivity index (χ1v) is 11.1. The number of methoxy groups -OCH3 is 1. The van der Waals surface area contributed by atoms with Crippen molar-refractivity contribution in [2.75, 3.05) is 19.5 Å². The zero-order valence-electron chi connectivity index (χ0n) is 17.3. The van der Waals surface area contributed by atoms with Gasteiger partial charge in [0, 0.05) is 23.7 Å². The number of nitrogens with zero attached hydrogens (tertiary/aromatic N) is 4. The summed E-state index contributed by atoms with van der Waals surface area (Å²) >= 11 is 1.69. The summed E-state index contributed by atoms with van der Waals surface area (Å²) < 4.78 is 13.1. The summed E-state index contributed by atoms with van der Waals surface area (Å²) in [6.07, 6.45) is 4.49. The minimum atomic E-state index is 0.640. The van der Waals surface area contributed by atoms with Crippen molar-refractivity contribution in [2.24, 2.45) is 0 Å². The maximum Gasteiger partial charge on any atom is 0.191 e. The molecule has 2 heterocycles. The predicted molar refractivity (Wildman–Crippen MR) is 123 cm³/mol. The van der Waals surface area contributed by atoms with Crippen LogP contribution in [0.15, 0.2) is 84.3 Å². The van der Waals surface area contributed by atoms with Crippen LogP contribution in [0.4, 0.5) is 0 Å². The molecule has 0 spiro atoms. The summed E-state index contributed by atoms with van der Waals surface area (Å²) in [7, 11) is 1.66. The quantitative estimate of drug-likeness (QED) is 0.261. The van der Waals surface area contributed by atoms with Gasteiger partial charge in [-0.2, -0.15) is 0 Å². The molecule has 0 aliphatic rings. The van der Waals surface area contributed by atoms with Crippen molar-refractivity contribution in [1.82, 2.24) is 19.7 Å². The van der Waals surface area contributed by atoms with Crippen LogP contribution in [-0.4, -0.2) is 39.2 Å². The van der Waals surface area contributed by atoms with Crippen molar-refractivity contribution >= 4 is 11.8 Å². The van der Waals surface area contributed by atoms with Crippen LogP contribution in [0.2, 0.25) is 0 Å². The molecule has 2 aromatic carbocycles. The van der Waals surface area contributed by atoms with Gasteiger partial charge in [0.25, 0.3) is 0 Å². The standard InChI is InChI=1S/C24H24N4O2S/c1-29-21-10-12-22(13-11-21)30-15-6-16-31-24-27-26-23(20-9-5-14-25-17-20)28(24)18-19-7-3-2-4-8-19/h2-5,7-14,17H,6,15-16,18H2,1H3.